The summed E-state index contributed by atoms with van der Waals surface area (Å²) in [6.07, 6.45) is 2.19. The van der Waals surface area contributed by atoms with Gasteiger partial charge in [-0.25, -0.2) is 9.97 Å². The van der Waals surface area contributed by atoms with Crippen molar-refractivity contribution in [3.05, 3.63) is 18.2 Å². The van der Waals surface area contributed by atoms with Gasteiger partial charge >= 0.3 is 0 Å². The van der Waals surface area contributed by atoms with Crippen LogP contribution in [0.2, 0.25) is 0 Å². The fourth-order valence-electron chi connectivity index (χ4n) is 2.36. The molecule has 2 aromatic rings. The summed E-state index contributed by atoms with van der Waals surface area (Å²) in [6, 6.07) is 1.38. The Bertz CT molecular complexity index is 683. The van der Waals surface area contributed by atoms with Gasteiger partial charge in [0, 0.05) is 6.07 Å². The Morgan fingerprint density at radius 1 is 1.41 bits per heavy atom. The van der Waals surface area contributed by atoms with Gasteiger partial charge in [-0.2, -0.15) is 0 Å². The van der Waals surface area contributed by atoms with Crippen LogP contribution in [-0.4, -0.2) is 27.1 Å². The molecule has 0 bridgehead atoms. The molecule has 3 N–H and O–H groups in total. The van der Waals surface area contributed by atoms with Gasteiger partial charge in [0.1, 0.15) is 23.8 Å². The SMILES string of the molecule is Cc1nc(Nc2ccon2)c2c(n1)NC(CC(C)C)C(=O)N2. The Morgan fingerprint density at radius 3 is 2.91 bits per heavy atom. The Balaban J connectivity index is 1.92. The maximum absolute atomic E-state index is 12.2. The minimum absolute atomic E-state index is 0.0862. The van der Waals surface area contributed by atoms with Crippen molar-refractivity contribution in [3.63, 3.8) is 0 Å². The molecule has 0 saturated carbocycles. The van der Waals surface area contributed by atoms with Crippen molar-refractivity contribution in [1.82, 2.24) is 15.1 Å². The number of rotatable bonds is 4. The number of fused-ring (bicyclic) bond motifs is 1. The molecule has 3 heterocycles. The van der Waals surface area contributed by atoms with E-state index in [2.05, 4.69) is 44.9 Å². The highest BCUT2D eigenvalue weighted by molar-refractivity contribution is 6.05. The molecule has 1 aliphatic rings. The highest BCUT2D eigenvalue weighted by atomic mass is 16.5. The summed E-state index contributed by atoms with van der Waals surface area (Å²) in [5.41, 5.74) is 0.526. The van der Waals surface area contributed by atoms with Crippen LogP contribution >= 0.6 is 0 Å². The maximum atomic E-state index is 12.2. The normalized spacial score (nSPS) is 16.9. The molecular weight excluding hydrogens is 284 g/mol. The van der Waals surface area contributed by atoms with E-state index in [9.17, 15) is 4.79 Å². The van der Waals surface area contributed by atoms with Gasteiger partial charge in [-0.3, -0.25) is 4.79 Å². The van der Waals surface area contributed by atoms with Crippen LogP contribution in [0, 0.1) is 12.8 Å². The third-order valence-electron chi connectivity index (χ3n) is 3.29. The molecule has 1 atom stereocenters. The number of nitrogens with zero attached hydrogens (tertiary/aromatic N) is 3. The predicted octanol–water partition coefficient (Wildman–Crippen LogP) is 2.30. The van der Waals surface area contributed by atoms with Crippen molar-refractivity contribution in [2.45, 2.75) is 33.2 Å². The molecule has 8 nitrogen and oxygen atoms in total. The van der Waals surface area contributed by atoms with Crippen LogP contribution in [0.25, 0.3) is 0 Å². The Kier molecular flexibility index (Phi) is 3.66. The standard InChI is InChI=1S/C14H18N6O2/c1-7(2)6-9-14(21)19-11-12(17-9)15-8(3)16-13(11)18-10-4-5-22-20-10/h4-5,7,9H,6H2,1-3H3,(H,19,21)(H2,15,16,17,18,20). The first-order valence-electron chi connectivity index (χ1n) is 7.16. The summed E-state index contributed by atoms with van der Waals surface area (Å²) in [5, 5.41) is 12.9. The maximum Gasteiger partial charge on any atom is 0.247 e. The molecule has 1 aliphatic heterocycles. The number of nitrogens with one attached hydrogen (secondary N) is 3. The monoisotopic (exact) mass is 302 g/mol. The molecule has 1 amide bonds. The Hall–Kier alpha value is -2.64. The van der Waals surface area contributed by atoms with Crippen LogP contribution in [0.5, 0.6) is 0 Å². The lowest BCUT2D eigenvalue weighted by molar-refractivity contribution is -0.117. The molecular formula is C14H18N6O2. The number of carbonyl (C=O) groups excluding carboxylic acids is 1. The first-order valence-corrected chi connectivity index (χ1v) is 7.16. The van der Waals surface area contributed by atoms with Crippen molar-refractivity contribution in [1.29, 1.82) is 0 Å². The number of hydrogen-bond donors (Lipinski definition) is 3. The van der Waals surface area contributed by atoms with Crippen molar-refractivity contribution < 1.29 is 9.32 Å². The number of aromatic nitrogens is 3. The van der Waals surface area contributed by atoms with Crippen molar-refractivity contribution in [2.75, 3.05) is 16.0 Å². The van der Waals surface area contributed by atoms with E-state index >= 15 is 0 Å². The predicted molar refractivity (Wildman–Crippen MR) is 82.1 cm³/mol. The van der Waals surface area contributed by atoms with Crippen LogP contribution in [-0.2, 0) is 4.79 Å². The second-order valence-electron chi connectivity index (χ2n) is 5.67. The fourth-order valence-corrected chi connectivity index (χ4v) is 2.36. The first-order chi connectivity index (χ1) is 10.5. The lowest BCUT2D eigenvalue weighted by Gasteiger charge is -2.28. The average molecular weight is 302 g/mol. The fraction of sp³-hybridized carbons (Fsp3) is 0.429. The molecule has 0 fully saturated rings. The molecule has 0 saturated heterocycles. The van der Waals surface area contributed by atoms with Gasteiger partial charge in [0.2, 0.25) is 5.91 Å². The molecule has 8 heteroatoms. The van der Waals surface area contributed by atoms with Crippen LogP contribution < -0.4 is 16.0 Å². The smallest absolute Gasteiger partial charge is 0.247 e. The van der Waals surface area contributed by atoms with E-state index in [4.69, 9.17) is 4.52 Å². The van der Waals surface area contributed by atoms with Crippen LogP contribution in [0.4, 0.5) is 23.1 Å². The van der Waals surface area contributed by atoms with E-state index in [0.29, 0.717) is 34.9 Å². The van der Waals surface area contributed by atoms with Gasteiger partial charge in [-0.1, -0.05) is 19.0 Å². The van der Waals surface area contributed by atoms with Crippen LogP contribution in [0.1, 0.15) is 26.1 Å². The molecule has 0 aromatic carbocycles. The second kappa shape index (κ2) is 5.63. The minimum Gasteiger partial charge on any atom is -0.363 e. The first kappa shape index (κ1) is 14.3. The van der Waals surface area contributed by atoms with Crippen molar-refractivity contribution >= 4 is 29.0 Å². The van der Waals surface area contributed by atoms with E-state index in [1.807, 2.05) is 0 Å². The van der Waals surface area contributed by atoms with Crippen molar-refractivity contribution in [3.8, 4) is 0 Å². The molecule has 0 radical (unpaired) electrons. The highest BCUT2D eigenvalue weighted by Crippen LogP contribution is 2.33. The largest absolute Gasteiger partial charge is 0.363 e. The zero-order valence-electron chi connectivity index (χ0n) is 12.7. The Morgan fingerprint density at radius 2 is 2.23 bits per heavy atom. The lowest BCUT2D eigenvalue weighted by atomic mass is 10.0. The molecule has 116 valence electrons. The lowest BCUT2D eigenvalue weighted by Crippen LogP contribution is -2.40. The van der Waals surface area contributed by atoms with Gasteiger partial charge in [0.15, 0.2) is 17.5 Å². The van der Waals surface area contributed by atoms with Crippen LogP contribution in [0.3, 0.4) is 0 Å². The molecule has 3 rings (SSSR count). The number of carbonyl (C=O) groups is 1. The summed E-state index contributed by atoms with van der Waals surface area (Å²) >= 11 is 0. The van der Waals surface area contributed by atoms with E-state index in [0.717, 1.165) is 6.42 Å². The van der Waals surface area contributed by atoms with E-state index < -0.39 is 0 Å². The molecule has 22 heavy (non-hydrogen) atoms. The minimum atomic E-state index is -0.290. The topological polar surface area (TPSA) is 105 Å². The van der Waals surface area contributed by atoms with Gasteiger partial charge in [-0.15, -0.1) is 0 Å². The summed E-state index contributed by atoms with van der Waals surface area (Å²) in [7, 11) is 0. The molecule has 0 spiro atoms. The number of aryl methyl sites for hydroxylation is 1. The Labute approximate surface area is 127 Å². The highest BCUT2D eigenvalue weighted by Gasteiger charge is 2.29. The molecule has 1 unspecified atom stereocenters. The average Bonchev–Trinajstić information content (AvgIpc) is 2.93. The third-order valence-corrected chi connectivity index (χ3v) is 3.29. The summed E-state index contributed by atoms with van der Waals surface area (Å²) < 4.78 is 4.78. The van der Waals surface area contributed by atoms with Gasteiger partial charge < -0.3 is 20.5 Å². The zero-order chi connectivity index (χ0) is 15.7. The van der Waals surface area contributed by atoms with E-state index in [1.165, 1.54) is 6.26 Å². The zero-order valence-corrected chi connectivity index (χ0v) is 12.7. The van der Waals surface area contributed by atoms with Gasteiger partial charge in [0.25, 0.3) is 0 Å². The molecule has 2 aromatic heterocycles. The van der Waals surface area contributed by atoms with Gasteiger partial charge in [0.05, 0.1) is 0 Å². The number of hydrogen-bond acceptors (Lipinski definition) is 7. The summed E-state index contributed by atoms with van der Waals surface area (Å²) in [5.74, 6) is 2.52. The summed E-state index contributed by atoms with van der Waals surface area (Å²) in [4.78, 5) is 20.9. The number of amides is 1. The van der Waals surface area contributed by atoms with E-state index in [1.54, 1.807) is 13.0 Å². The quantitative estimate of drug-likeness (QED) is 0.795. The number of anilines is 4. The molecule has 0 aliphatic carbocycles. The van der Waals surface area contributed by atoms with Gasteiger partial charge in [-0.05, 0) is 19.3 Å². The van der Waals surface area contributed by atoms with E-state index in [-0.39, 0.29) is 11.9 Å². The summed E-state index contributed by atoms with van der Waals surface area (Å²) in [6.45, 7) is 5.95. The third kappa shape index (κ3) is 2.85. The second-order valence-corrected chi connectivity index (χ2v) is 5.67. The van der Waals surface area contributed by atoms with Crippen LogP contribution in [0.15, 0.2) is 16.9 Å². The van der Waals surface area contributed by atoms with Crippen molar-refractivity contribution in [2.24, 2.45) is 5.92 Å².